The van der Waals surface area contributed by atoms with Gasteiger partial charge in [-0.2, -0.15) is 0 Å². The molecule has 19 heavy (non-hydrogen) atoms. The molecule has 1 aromatic heterocycles. The van der Waals surface area contributed by atoms with Gasteiger partial charge in [-0.15, -0.1) is 0 Å². The van der Waals surface area contributed by atoms with E-state index in [0.29, 0.717) is 18.2 Å². The maximum absolute atomic E-state index is 11.7. The summed E-state index contributed by atoms with van der Waals surface area (Å²) in [5.41, 5.74) is 3.84. The number of amides is 1. The van der Waals surface area contributed by atoms with Crippen LogP contribution in [0.1, 0.15) is 24.4 Å². The molecule has 0 saturated heterocycles. The summed E-state index contributed by atoms with van der Waals surface area (Å²) in [4.78, 5) is 16.7. The van der Waals surface area contributed by atoms with Crippen molar-refractivity contribution in [2.45, 2.75) is 13.8 Å². The lowest BCUT2D eigenvalue weighted by Crippen LogP contribution is -2.25. The molecule has 1 amide bonds. The van der Waals surface area contributed by atoms with E-state index in [9.17, 15) is 4.79 Å². The maximum atomic E-state index is 11.7. The van der Waals surface area contributed by atoms with E-state index >= 15 is 0 Å². The van der Waals surface area contributed by atoms with Crippen molar-refractivity contribution in [1.29, 1.82) is 0 Å². The minimum Gasteiger partial charge on any atom is -0.350 e. The summed E-state index contributed by atoms with van der Waals surface area (Å²) < 4.78 is 5.00. The van der Waals surface area contributed by atoms with Crippen LogP contribution in [-0.2, 0) is 4.84 Å². The van der Waals surface area contributed by atoms with Crippen LogP contribution in [0.5, 0.6) is 0 Å². The predicted molar refractivity (Wildman–Crippen MR) is 70.2 cm³/mol. The van der Waals surface area contributed by atoms with E-state index in [2.05, 4.69) is 10.6 Å². The molecule has 0 atom stereocenters. The summed E-state index contributed by atoms with van der Waals surface area (Å²) in [5.74, 6) is 0.0350. The van der Waals surface area contributed by atoms with Gasteiger partial charge >= 0.3 is 5.91 Å². The fraction of sp³-hybridized carbons (Fsp3) is 0.286. The number of carbonyl (C=O) groups is 1. The average molecular weight is 260 g/mol. The standard InChI is InChI=1S/C14H16N2O3/c1-10(2)9-18-16-14(17)13-8-12(15-19-13)11-6-4-3-5-7-11/h3-8,10H,9H2,1-2H3,(H,16,17). The number of hydroxylamine groups is 1. The summed E-state index contributed by atoms with van der Waals surface area (Å²) in [5, 5.41) is 3.86. The number of aromatic nitrogens is 1. The fourth-order valence-electron chi connectivity index (χ4n) is 1.45. The highest BCUT2D eigenvalue weighted by Crippen LogP contribution is 2.18. The first-order valence-electron chi connectivity index (χ1n) is 6.11. The third-order valence-corrected chi connectivity index (χ3v) is 2.39. The van der Waals surface area contributed by atoms with Crippen molar-refractivity contribution in [2.75, 3.05) is 6.61 Å². The van der Waals surface area contributed by atoms with Gasteiger partial charge in [0.2, 0.25) is 5.76 Å². The molecule has 0 radical (unpaired) electrons. The molecule has 0 spiro atoms. The minimum absolute atomic E-state index is 0.127. The van der Waals surface area contributed by atoms with E-state index in [1.165, 1.54) is 0 Å². The van der Waals surface area contributed by atoms with Crippen molar-refractivity contribution in [3.63, 3.8) is 0 Å². The van der Waals surface area contributed by atoms with E-state index in [1.54, 1.807) is 6.07 Å². The summed E-state index contributed by atoms with van der Waals surface area (Å²) in [6, 6.07) is 11.1. The summed E-state index contributed by atoms with van der Waals surface area (Å²) >= 11 is 0. The monoisotopic (exact) mass is 260 g/mol. The van der Waals surface area contributed by atoms with E-state index in [1.807, 2.05) is 44.2 Å². The van der Waals surface area contributed by atoms with Gasteiger partial charge in [0.25, 0.3) is 0 Å². The molecular weight excluding hydrogens is 244 g/mol. The third kappa shape index (κ3) is 3.66. The van der Waals surface area contributed by atoms with Gasteiger partial charge in [0, 0.05) is 11.6 Å². The Labute approximate surface area is 111 Å². The number of nitrogens with one attached hydrogen (secondary N) is 1. The number of benzene rings is 1. The topological polar surface area (TPSA) is 64.4 Å². The molecule has 0 unspecified atom stereocenters. The van der Waals surface area contributed by atoms with Gasteiger partial charge in [0.05, 0.1) is 6.61 Å². The van der Waals surface area contributed by atoms with Crippen LogP contribution in [0.4, 0.5) is 0 Å². The molecule has 0 aliphatic carbocycles. The van der Waals surface area contributed by atoms with Crippen molar-refractivity contribution >= 4 is 5.91 Å². The second-order valence-corrected chi connectivity index (χ2v) is 4.58. The first kappa shape index (κ1) is 13.3. The van der Waals surface area contributed by atoms with E-state index in [4.69, 9.17) is 9.36 Å². The van der Waals surface area contributed by atoms with Gasteiger partial charge < -0.3 is 4.52 Å². The highest BCUT2D eigenvalue weighted by molar-refractivity contribution is 5.91. The Morgan fingerprint density at radius 3 is 2.79 bits per heavy atom. The van der Waals surface area contributed by atoms with Gasteiger partial charge in [-0.1, -0.05) is 49.3 Å². The molecule has 2 rings (SSSR count). The number of nitrogens with zero attached hydrogens (tertiary/aromatic N) is 1. The molecule has 0 aliphatic rings. The van der Waals surface area contributed by atoms with Gasteiger partial charge in [-0.3, -0.25) is 9.63 Å². The lowest BCUT2D eigenvalue weighted by molar-refractivity contribution is 0.0183. The van der Waals surface area contributed by atoms with Crippen molar-refractivity contribution in [3.05, 3.63) is 42.2 Å². The zero-order valence-corrected chi connectivity index (χ0v) is 10.9. The molecule has 0 aliphatic heterocycles. The number of rotatable bonds is 5. The Kier molecular flexibility index (Phi) is 4.30. The van der Waals surface area contributed by atoms with Crippen molar-refractivity contribution in [2.24, 2.45) is 5.92 Å². The second-order valence-electron chi connectivity index (χ2n) is 4.58. The van der Waals surface area contributed by atoms with Gasteiger partial charge in [0.15, 0.2) is 0 Å². The Hall–Kier alpha value is -2.14. The van der Waals surface area contributed by atoms with Crippen LogP contribution in [0.25, 0.3) is 11.3 Å². The summed E-state index contributed by atoms with van der Waals surface area (Å²) in [7, 11) is 0. The highest BCUT2D eigenvalue weighted by Gasteiger charge is 2.14. The first-order chi connectivity index (χ1) is 9.16. The number of carbonyl (C=O) groups excluding carboxylic acids is 1. The Morgan fingerprint density at radius 1 is 1.37 bits per heavy atom. The molecule has 1 heterocycles. The summed E-state index contributed by atoms with van der Waals surface area (Å²) in [6.07, 6.45) is 0. The van der Waals surface area contributed by atoms with Gasteiger partial charge in [0.1, 0.15) is 5.69 Å². The van der Waals surface area contributed by atoms with Crippen LogP contribution in [-0.4, -0.2) is 17.7 Å². The van der Waals surface area contributed by atoms with Crippen molar-refractivity contribution in [3.8, 4) is 11.3 Å². The quantitative estimate of drug-likeness (QED) is 0.839. The highest BCUT2D eigenvalue weighted by atomic mass is 16.7. The van der Waals surface area contributed by atoms with E-state index in [0.717, 1.165) is 5.56 Å². The molecule has 0 saturated carbocycles. The van der Waals surface area contributed by atoms with Crippen LogP contribution in [0.2, 0.25) is 0 Å². The molecule has 0 bridgehead atoms. The van der Waals surface area contributed by atoms with Crippen LogP contribution in [0, 0.1) is 5.92 Å². The summed E-state index contributed by atoms with van der Waals surface area (Å²) in [6.45, 7) is 4.44. The van der Waals surface area contributed by atoms with Crippen LogP contribution >= 0.6 is 0 Å². The van der Waals surface area contributed by atoms with E-state index < -0.39 is 5.91 Å². The zero-order chi connectivity index (χ0) is 13.7. The number of hydrogen-bond donors (Lipinski definition) is 1. The Bertz CT molecular complexity index is 535. The fourth-order valence-corrected chi connectivity index (χ4v) is 1.45. The molecule has 1 aromatic carbocycles. The lowest BCUT2D eigenvalue weighted by atomic mass is 10.1. The van der Waals surface area contributed by atoms with E-state index in [-0.39, 0.29) is 5.76 Å². The van der Waals surface area contributed by atoms with Gasteiger partial charge in [-0.05, 0) is 5.92 Å². The maximum Gasteiger partial charge on any atom is 0.313 e. The molecule has 2 aromatic rings. The van der Waals surface area contributed by atoms with Crippen molar-refractivity contribution < 1.29 is 14.2 Å². The van der Waals surface area contributed by atoms with Crippen LogP contribution < -0.4 is 5.48 Å². The first-order valence-corrected chi connectivity index (χ1v) is 6.11. The van der Waals surface area contributed by atoms with Crippen molar-refractivity contribution in [1.82, 2.24) is 10.6 Å². The Morgan fingerprint density at radius 2 is 2.11 bits per heavy atom. The van der Waals surface area contributed by atoms with Crippen LogP contribution in [0.3, 0.4) is 0 Å². The zero-order valence-electron chi connectivity index (χ0n) is 10.9. The average Bonchev–Trinajstić information content (AvgIpc) is 2.89. The van der Waals surface area contributed by atoms with Crippen LogP contribution in [0.15, 0.2) is 40.9 Å². The van der Waals surface area contributed by atoms with Gasteiger partial charge in [-0.25, -0.2) is 5.48 Å². The normalized spacial score (nSPS) is 10.7. The molecular formula is C14H16N2O3. The predicted octanol–water partition coefficient (Wildman–Crippen LogP) is 2.66. The smallest absolute Gasteiger partial charge is 0.313 e. The minimum atomic E-state index is -0.435. The number of hydrogen-bond acceptors (Lipinski definition) is 4. The second kappa shape index (κ2) is 6.15. The molecule has 5 heteroatoms. The Balaban J connectivity index is 1.99. The molecule has 100 valence electrons. The molecule has 5 nitrogen and oxygen atoms in total. The third-order valence-electron chi connectivity index (χ3n) is 2.39. The largest absolute Gasteiger partial charge is 0.350 e. The SMILES string of the molecule is CC(C)CONC(=O)c1cc(-c2ccccc2)no1. The molecule has 0 fully saturated rings. The lowest BCUT2D eigenvalue weighted by Gasteiger charge is -2.05. The molecule has 1 N–H and O–H groups in total.